The quantitative estimate of drug-likeness (QED) is 0.834. The first-order valence-electron chi connectivity index (χ1n) is 9.71. The average molecular weight is 366 g/mol. The van der Waals surface area contributed by atoms with Crippen LogP contribution < -0.4 is 0 Å². The molecule has 3 saturated heterocycles. The van der Waals surface area contributed by atoms with Crippen molar-refractivity contribution in [1.82, 2.24) is 9.80 Å². The van der Waals surface area contributed by atoms with Gasteiger partial charge in [-0.1, -0.05) is 29.8 Å². The van der Waals surface area contributed by atoms with Crippen LogP contribution >= 0.6 is 0 Å². The number of aryl methyl sites for hydroxylation is 2. The lowest BCUT2D eigenvalue weighted by Gasteiger charge is -2.32. The minimum atomic E-state index is -0.0329. The van der Waals surface area contributed by atoms with Crippen LogP contribution in [0.3, 0.4) is 0 Å². The number of likely N-dealkylation sites (N-methyl/N-ethyl adjacent to an activating group) is 1. The third-order valence-corrected chi connectivity index (χ3v) is 5.90. The van der Waals surface area contributed by atoms with Crippen molar-refractivity contribution in [3.63, 3.8) is 0 Å². The zero-order chi connectivity index (χ0) is 19.0. The molecule has 2 amide bonds. The van der Waals surface area contributed by atoms with E-state index in [0.29, 0.717) is 25.9 Å². The maximum atomic E-state index is 12.7. The number of furan rings is 1. The molecule has 1 aromatic carbocycles. The number of hydrogen-bond donors (Lipinski definition) is 0. The molecule has 1 aromatic heterocycles. The minimum Gasteiger partial charge on any atom is -0.461 e. The van der Waals surface area contributed by atoms with Crippen LogP contribution in [-0.2, 0) is 16.0 Å². The highest BCUT2D eigenvalue weighted by atomic mass is 16.3. The van der Waals surface area contributed by atoms with Crippen LogP contribution in [-0.4, -0.2) is 47.8 Å². The molecule has 0 radical (unpaired) electrons. The van der Waals surface area contributed by atoms with Crippen molar-refractivity contribution in [2.45, 2.75) is 38.6 Å². The van der Waals surface area contributed by atoms with Crippen LogP contribution in [0.4, 0.5) is 0 Å². The maximum absolute atomic E-state index is 12.7. The lowest BCUT2D eigenvalue weighted by atomic mass is 9.95. The average Bonchev–Trinajstić information content (AvgIpc) is 2.98. The number of carbonyl (C=O) groups is 2. The highest BCUT2D eigenvalue weighted by Crippen LogP contribution is 2.28. The van der Waals surface area contributed by atoms with Crippen molar-refractivity contribution >= 4 is 11.8 Å². The van der Waals surface area contributed by atoms with Crippen LogP contribution in [0, 0.1) is 12.8 Å². The summed E-state index contributed by atoms with van der Waals surface area (Å²) in [5, 5.41) is 0. The smallest absolute Gasteiger partial charge is 0.227 e. The van der Waals surface area contributed by atoms with E-state index >= 15 is 0 Å². The summed E-state index contributed by atoms with van der Waals surface area (Å²) in [6.07, 6.45) is 2.89. The van der Waals surface area contributed by atoms with Crippen LogP contribution in [0.1, 0.15) is 30.6 Å². The van der Waals surface area contributed by atoms with Gasteiger partial charge in [0.05, 0.1) is 5.92 Å². The number of carbonyl (C=O) groups excluding carboxylic acids is 2. The summed E-state index contributed by atoms with van der Waals surface area (Å²) in [6.45, 7) is 3.28. The molecule has 27 heavy (non-hydrogen) atoms. The third kappa shape index (κ3) is 3.64. The molecule has 3 fully saturated rings. The number of piperidine rings is 1. The first kappa shape index (κ1) is 17.8. The lowest BCUT2D eigenvalue weighted by Crippen LogP contribution is -2.45. The van der Waals surface area contributed by atoms with Gasteiger partial charge in [0.1, 0.15) is 11.5 Å². The summed E-state index contributed by atoms with van der Waals surface area (Å²) in [4.78, 5) is 28.7. The van der Waals surface area contributed by atoms with Crippen LogP contribution in [0.2, 0.25) is 0 Å². The van der Waals surface area contributed by atoms with Crippen molar-refractivity contribution in [2.75, 3.05) is 20.1 Å². The van der Waals surface area contributed by atoms with Gasteiger partial charge in [-0.05, 0) is 31.9 Å². The van der Waals surface area contributed by atoms with Gasteiger partial charge in [-0.2, -0.15) is 0 Å². The van der Waals surface area contributed by atoms with Gasteiger partial charge in [0, 0.05) is 44.6 Å². The Morgan fingerprint density at radius 2 is 1.89 bits per heavy atom. The van der Waals surface area contributed by atoms with E-state index in [2.05, 4.69) is 19.1 Å². The van der Waals surface area contributed by atoms with Crippen LogP contribution in [0.15, 0.2) is 40.8 Å². The summed E-state index contributed by atoms with van der Waals surface area (Å²) in [7, 11) is 1.86. The highest BCUT2D eigenvalue weighted by Gasteiger charge is 2.39. The van der Waals surface area contributed by atoms with E-state index in [0.717, 1.165) is 29.9 Å². The summed E-state index contributed by atoms with van der Waals surface area (Å²) >= 11 is 0. The number of nitrogens with zero attached hydrogens (tertiary/aromatic N) is 2. The molecule has 0 spiro atoms. The van der Waals surface area contributed by atoms with Gasteiger partial charge in [-0.15, -0.1) is 0 Å². The standard InChI is InChI=1S/C22H26N2O3/c1-15-3-5-16(6-4-15)20-11-9-19(27-20)10-12-21(25)24-13-17-7-8-18(14-24)23(2)22(17)26/h3-6,9,11,17-18H,7-8,10,12-14H2,1-2H3. The molecule has 142 valence electrons. The molecule has 0 aliphatic carbocycles. The fourth-order valence-electron chi connectivity index (χ4n) is 4.13. The van der Waals surface area contributed by atoms with Crippen molar-refractivity contribution in [3.05, 3.63) is 47.7 Å². The Labute approximate surface area is 159 Å². The van der Waals surface area contributed by atoms with E-state index < -0.39 is 0 Å². The molecule has 2 unspecified atom stereocenters. The molecular weight excluding hydrogens is 340 g/mol. The van der Waals surface area contributed by atoms with Crippen molar-refractivity contribution in [1.29, 1.82) is 0 Å². The molecule has 2 aromatic rings. The molecule has 3 aliphatic heterocycles. The van der Waals surface area contributed by atoms with Crippen LogP contribution in [0.5, 0.6) is 0 Å². The van der Waals surface area contributed by atoms with Gasteiger partial charge in [0.25, 0.3) is 0 Å². The molecule has 0 saturated carbocycles. The SMILES string of the molecule is Cc1ccc(-c2ccc(CCC(=O)N3CC4CCC(C3)N(C)C4=O)o2)cc1. The predicted octanol–water partition coefficient (Wildman–Crippen LogP) is 3.27. The Kier molecular flexibility index (Phi) is 4.77. The van der Waals surface area contributed by atoms with E-state index in [1.165, 1.54) is 5.56 Å². The Morgan fingerprint density at radius 1 is 1.11 bits per heavy atom. The Morgan fingerprint density at radius 3 is 2.67 bits per heavy atom. The molecule has 0 N–H and O–H groups in total. The molecule has 2 bridgehead atoms. The van der Waals surface area contributed by atoms with Gasteiger partial charge in [0.2, 0.25) is 11.8 Å². The van der Waals surface area contributed by atoms with E-state index in [9.17, 15) is 9.59 Å². The van der Waals surface area contributed by atoms with Gasteiger partial charge in [0.15, 0.2) is 0 Å². The van der Waals surface area contributed by atoms with Gasteiger partial charge in [-0.3, -0.25) is 9.59 Å². The zero-order valence-electron chi connectivity index (χ0n) is 16.0. The van der Waals surface area contributed by atoms with E-state index in [1.54, 1.807) is 0 Å². The minimum absolute atomic E-state index is 0.0329. The number of rotatable bonds is 4. The zero-order valence-corrected chi connectivity index (χ0v) is 16.0. The number of amides is 2. The first-order valence-corrected chi connectivity index (χ1v) is 9.71. The second kappa shape index (κ2) is 7.22. The summed E-state index contributed by atoms with van der Waals surface area (Å²) in [6, 6.07) is 12.3. The summed E-state index contributed by atoms with van der Waals surface area (Å²) in [5.41, 5.74) is 2.26. The van der Waals surface area contributed by atoms with Crippen molar-refractivity contribution in [3.8, 4) is 11.3 Å². The summed E-state index contributed by atoms with van der Waals surface area (Å²) in [5.74, 6) is 1.93. The lowest BCUT2D eigenvalue weighted by molar-refractivity contribution is -0.138. The fourth-order valence-corrected chi connectivity index (χ4v) is 4.13. The Bertz CT molecular complexity index is 839. The monoisotopic (exact) mass is 366 g/mol. The molecular formula is C22H26N2O3. The highest BCUT2D eigenvalue weighted by molar-refractivity contribution is 5.83. The van der Waals surface area contributed by atoms with E-state index in [-0.39, 0.29) is 23.8 Å². The largest absolute Gasteiger partial charge is 0.461 e. The Balaban J connectivity index is 1.37. The number of benzene rings is 1. The molecule has 5 nitrogen and oxygen atoms in total. The fraction of sp³-hybridized carbons (Fsp3) is 0.455. The summed E-state index contributed by atoms with van der Waals surface area (Å²) < 4.78 is 5.93. The Hall–Kier alpha value is -2.56. The molecule has 3 aliphatic rings. The van der Waals surface area contributed by atoms with Gasteiger partial charge < -0.3 is 14.2 Å². The van der Waals surface area contributed by atoms with E-state index in [4.69, 9.17) is 4.42 Å². The molecule has 2 atom stereocenters. The number of hydrogen-bond acceptors (Lipinski definition) is 3. The molecule has 5 heteroatoms. The van der Waals surface area contributed by atoms with Crippen LogP contribution in [0.25, 0.3) is 11.3 Å². The third-order valence-electron chi connectivity index (χ3n) is 5.90. The maximum Gasteiger partial charge on any atom is 0.227 e. The molecule has 5 rings (SSSR count). The van der Waals surface area contributed by atoms with E-state index in [1.807, 2.05) is 41.1 Å². The normalized spacial score (nSPS) is 22.2. The predicted molar refractivity (Wildman–Crippen MR) is 103 cm³/mol. The topological polar surface area (TPSA) is 53.8 Å². The second-order valence-corrected chi connectivity index (χ2v) is 7.81. The first-order chi connectivity index (χ1) is 13.0. The number of fused-ring (bicyclic) bond motifs is 4. The van der Waals surface area contributed by atoms with Crippen molar-refractivity contribution in [2.24, 2.45) is 5.92 Å². The van der Waals surface area contributed by atoms with Gasteiger partial charge >= 0.3 is 0 Å². The van der Waals surface area contributed by atoms with Gasteiger partial charge in [-0.25, -0.2) is 0 Å². The van der Waals surface area contributed by atoms with Crippen molar-refractivity contribution < 1.29 is 14.0 Å². The molecule has 4 heterocycles. The second-order valence-electron chi connectivity index (χ2n) is 7.81.